The summed E-state index contributed by atoms with van der Waals surface area (Å²) in [6.07, 6.45) is 3.25. The number of carbonyl (C=O) groups is 3. The van der Waals surface area contributed by atoms with Crippen molar-refractivity contribution in [1.29, 1.82) is 0 Å². The number of hydrogen-bond acceptors (Lipinski definition) is 7. The van der Waals surface area contributed by atoms with Crippen LogP contribution in [0, 0.1) is 11.7 Å². The number of benzene rings is 2. The Balaban J connectivity index is 1.39. The van der Waals surface area contributed by atoms with E-state index in [1.807, 2.05) is 6.07 Å². The first-order valence-electron chi connectivity index (χ1n) is 11.8. The van der Waals surface area contributed by atoms with Crippen molar-refractivity contribution in [3.05, 3.63) is 103 Å². The summed E-state index contributed by atoms with van der Waals surface area (Å²) in [6, 6.07) is 15.8. The van der Waals surface area contributed by atoms with E-state index in [0.29, 0.717) is 26.8 Å². The van der Waals surface area contributed by atoms with Crippen LogP contribution in [-0.2, 0) is 20.9 Å². The summed E-state index contributed by atoms with van der Waals surface area (Å²) in [5.41, 5.74) is 1.56. The van der Waals surface area contributed by atoms with E-state index >= 15 is 0 Å². The van der Waals surface area contributed by atoms with Crippen molar-refractivity contribution in [1.82, 2.24) is 9.55 Å². The second kappa shape index (κ2) is 10.2. The van der Waals surface area contributed by atoms with E-state index in [2.05, 4.69) is 26.2 Å². The fourth-order valence-electron chi connectivity index (χ4n) is 4.90. The van der Waals surface area contributed by atoms with E-state index in [1.54, 1.807) is 42.7 Å². The topological polar surface area (TPSA) is 101 Å². The number of amides is 3. The third-order valence-electron chi connectivity index (χ3n) is 6.61. The molecule has 1 saturated heterocycles. The molecule has 0 saturated carbocycles. The van der Waals surface area contributed by atoms with Gasteiger partial charge in [-0.1, -0.05) is 45.1 Å². The van der Waals surface area contributed by atoms with Gasteiger partial charge in [0, 0.05) is 33.3 Å². The molecule has 6 rings (SSSR count). The van der Waals surface area contributed by atoms with Crippen LogP contribution in [0.2, 0.25) is 0 Å². The number of hydrogen-bond donors (Lipinski definition) is 1. The van der Waals surface area contributed by atoms with Gasteiger partial charge in [0.25, 0.3) is 0 Å². The molecule has 2 aromatic heterocycles. The molecule has 12 heteroatoms. The summed E-state index contributed by atoms with van der Waals surface area (Å²) in [5, 5.41) is 2.35. The number of aromatic nitrogens is 2. The van der Waals surface area contributed by atoms with Crippen LogP contribution in [0.3, 0.4) is 0 Å². The zero-order chi connectivity index (χ0) is 27.3. The number of halogens is 2. The van der Waals surface area contributed by atoms with Crippen molar-refractivity contribution in [3.63, 3.8) is 0 Å². The summed E-state index contributed by atoms with van der Waals surface area (Å²) < 4.78 is 15.4. The highest BCUT2D eigenvalue weighted by molar-refractivity contribution is 9.10. The van der Waals surface area contributed by atoms with Crippen LogP contribution in [0.15, 0.2) is 87.4 Å². The first-order valence-corrected chi connectivity index (χ1v) is 14.3. The Labute approximate surface area is 238 Å². The lowest BCUT2D eigenvalue weighted by Crippen LogP contribution is -2.33. The van der Waals surface area contributed by atoms with Crippen molar-refractivity contribution >= 4 is 68.1 Å². The molecule has 0 bridgehead atoms. The second-order valence-corrected chi connectivity index (χ2v) is 12.0. The van der Waals surface area contributed by atoms with Gasteiger partial charge in [0.1, 0.15) is 17.6 Å². The molecule has 0 unspecified atom stereocenters. The number of fused-ring (bicyclic) bond motifs is 2. The lowest BCUT2D eigenvalue weighted by molar-refractivity contribution is -0.122. The average Bonchev–Trinajstić information content (AvgIpc) is 3.37. The van der Waals surface area contributed by atoms with Gasteiger partial charge in [-0.05, 0) is 60.2 Å². The molecular weight excluding hydrogens is 607 g/mol. The highest BCUT2D eigenvalue weighted by Crippen LogP contribution is 2.53. The molecule has 1 N–H and O–H groups in total. The molecule has 196 valence electrons. The van der Waals surface area contributed by atoms with Gasteiger partial charge in [0.15, 0.2) is 0 Å². The predicted octanol–water partition coefficient (Wildman–Crippen LogP) is 4.64. The Morgan fingerprint density at radius 1 is 1.03 bits per heavy atom. The fraction of sp³-hybridized carbons (Fsp3) is 0.148. The van der Waals surface area contributed by atoms with E-state index in [4.69, 9.17) is 0 Å². The van der Waals surface area contributed by atoms with Crippen LogP contribution in [0.4, 0.5) is 15.8 Å². The normalized spacial score (nSPS) is 20.1. The van der Waals surface area contributed by atoms with E-state index < -0.39 is 28.8 Å². The van der Waals surface area contributed by atoms with Crippen molar-refractivity contribution in [2.75, 3.05) is 10.2 Å². The summed E-state index contributed by atoms with van der Waals surface area (Å²) >= 11 is 5.48. The quantitative estimate of drug-likeness (QED) is 0.325. The van der Waals surface area contributed by atoms with Gasteiger partial charge in [-0.3, -0.25) is 28.7 Å². The van der Waals surface area contributed by atoms with Crippen molar-refractivity contribution in [3.8, 4) is 0 Å². The van der Waals surface area contributed by atoms with Crippen molar-refractivity contribution in [2.24, 2.45) is 5.92 Å². The maximum atomic E-state index is 13.8. The van der Waals surface area contributed by atoms with Crippen LogP contribution in [0.25, 0.3) is 0 Å². The predicted molar refractivity (Wildman–Crippen MR) is 149 cm³/mol. The maximum Gasteiger partial charge on any atom is 0.308 e. The lowest BCUT2D eigenvalue weighted by Gasteiger charge is -2.30. The Morgan fingerprint density at radius 3 is 2.46 bits per heavy atom. The van der Waals surface area contributed by atoms with Gasteiger partial charge >= 0.3 is 4.87 Å². The number of anilines is 2. The minimum Gasteiger partial charge on any atom is -0.325 e. The van der Waals surface area contributed by atoms with Gasteiger partial charge in [-0.15, -0.1) is 0 Å². The highest BCUT2D eigenvalue weighted by atomic mass is 79.9. The first kappa shape index (κ1) is 25.7. The fourth-order valence-corrected chi connectivity index (χ4v) is 7.93. The summed E-state index contributed by atoms with van der Waals surface area (Å²) in [4.78, 5) is 59.2. The molecule has 1 fully saturated rings. The van der Waals surface area contributed by atoms with Gasteiger partial charge in [-0.2, -0.15) is 0 Å². The lowest BCUT2D eigenvalue weighted by atomic mass is 9.84. The van der Waals surface area contributed by atoms with E-state index in [0.717, 1.165) is 27.6 Å². The number of imide groups is 1. The van der Waals surface area contributed by atoms with Crippen LogP contribution in [-0.4, -0.2) is 32.5 Å². The number of pyridine rings is 1. The first-order chi connectivity index (χ1) is 18.8. The van der Waals surface area contributed by atoms with E-state index in [9.17, 15) is 23.6 Å². The SMILES string of the molecule is O=C(Cn1c2c(sc1=O)[C@@H](c1cccnc1)[C@@H]1C(=O)N(c3ccc(Br)cc3)C(=O)[C@@H]1S2)Nc1ccc(F)cc1. The molecular formula is C27H18BrFN4O4S2. The summed E-state index contributed by atoms with van der Waals surface area (Å²) in [6.45, 7) is -0.301. The Bertz CT molecular complexity index is 1660. The number of rotatable bonds is 5. The van der Waals surface area contributed by atoms with Gasteiger partial charge < -0.3 is 5.32 Å². The van der Waals surface area contributed by atoms with Crippen LogP contribution < -0.4 is 15.1 Å². The monoisotopic (exact) mass is 624 g/mol. The summed E-state index contributed by atoms with van der Waals surface area (Å²) in [5.74, 6) is -2.97. The van der Waals surface area contributed by atoms with Gasteiger partial charge in [0.05, 0.1) is 16.6 Å². The summed E-state index contributed by atoms with van der Waals surface area (Å²) in [7, 11) is 0. The van der Waals surface area contributed by atoms with E-state index in [-0.39, 0.29) is 23.2 Å². The number of nitrogens with one attached hydrogen (secondary N) is 1. The molecule has 8 nitrogen and oxygen atoms in total. The molecule has 3 atom stereocenters. The standard InChI is InChI=1S/C27H18BrFN4O4S2/c28-15-3-9-18(10-4-15)33-24(35)21-20(14-2-1-11-30-12-14)23-26(38-22(21)25(33)36)32(27(37)39-23)13-19(34)31-17-7-5-16(29)6-8-17/h1-12,20-22H,13H2,(H,31,34)/t20-,21-,22+/m0/s1. The number of nitrogens with zero attached hydrogens (tertiary/aromatic N) is 3. The van der Waals surface area contributed by atoms with Gasteiger partial charge in [0.2, 0.25) is 17.7 Å². The molecule has 0 spiro atoms. The Morgan fingerprint density at radius 2 is 1.77 bits per heavy atom. The van der Waals surface area contributed by atoms with Crippen molar-refractivity contribution in [2.45, 2.75) is 22.7 Å². The van der Waals surface area contributed by atoms with Crippen LogP contribution in [0.5, 0.6) is 0 Å². The third-order valence-corrected chi connectivity index (χ3v) is 9.74. The zero-order valence-electron chi connectivity index (χ0n) is 19.9. The Kier molecular flexibility index (Phi) is 6.69. The molecule has 4 heterocycles. The number of thioether (sulfide) groups is 1. The smallest absolute Gasteiger partial charge is 0.308 e. The molecule has 2 aromatic carbocycles. The minimum atomic E-state index is -0.792. The van der Waals surface area contributed by atoms with Crippen LogP contribution >= 0.6 is 39.0 Å². The molecule has 4 aromatic rings. The third kappa shape index (κ3) is 4.62. The molecule has 39 heavy (non-hydrogen) atoms. The minimum absolute atomic E-state index is 0.301. The maximum absolute atomic E-state index is 13.8. The molecule has 0 radical (unpaired) electrons. The molecule has 2 aliphatic heterocycles. The highest BCUT2D eigenvalue weighted by Gasteiger charge is 2.56. The second-order valence-electron chi connectivity index (χ2n) is 9.00. The Hall–Kier alpha value is -3.61. The number of carbonyl (C=O) groups excluding carboxylic acids is 3. The molecule has 2 aliphatic rings. The van der Waals surface area contributed by atoms with Crippen LogP contribution in [0.1, 0.15) is 16.4 Å². The van der Waals surface area contributed by atoms with Crippen molar-refractivity contribution < 1.29 is 18.8 Å². The largest absolute Gasteiger partial charge is 0.325 e. The number of thiazole rings is 1. The van der Waals surface area contributed by atoms with E-state index in [1.165, 1.54) is 33.7 Å². The molecule has 3 amide bonds. The molecule has 0 aliphatic carbocycles. The van der Waals surface area contributed by atoms with Gasteiger partial charge in [-0.25, -0.2) is 9.29 Å². The average molecular weight is 626 g/mol. The zero-order valence-corrected chi connectivity index (χ0v) is 23.1.